The molecule has 5 atom stereocenters. The molecule has 3 nitrogen and oxygen atoms in total. The highest BCUT2D eigenvalue weighted by molar-refractivity contribution is 5.61. The van der Waals surface area contributed by atoms with Gasteiger partial charge in [0.1, 0.15) is 5.60 Å². The number of fused-ring (bicyclic) bond motifs is 2. The van der Waals surface area contributed by atoms with Crippen molar-refractivity contribution in [2.24, 2.45) is 29.1 Å². The van der Waals surface area contributed by atoms with E-state index in [2.05, 4.69) is 9.47 Å². The minimum absolute atomic E-state index is 0.00411. The standard InChI is InChI=1S/C19H28F6O3/c1-10-11(2)13-7-12(10)8-16(13,6)9-17(18(20,21)22,19(23,24)25)28-14(26)27-15(3,4)5/h10-13H,7-9H2,1-6H3. The molecule has 2 fully saturated rings. The zero-order chi connectivity index (χ0) is 21.9. The summed E-state index contributed by atoms with van der Waals surface area (Å²) in [4.78, 5) is 11.9. The predicted molar refractivity (Wildman–Crippen MR) is 89.4 cm³/mol. The molecule has 164 valence electrons. The van der Waals surface area contributed by atoms with Crippen LogP contribution >= 0.6 is 0 Å². The van der Waals surface area contributed by atoms with Crippen LogP contribution in [0.25, 0.3) is 0 Å². The van der Waals surface area contributed by atoms with E-state index in [9.17, 15) is 31.1 Å². The first-order valence-corrected chi connectivity index (χ1v) is 9.38. The van der Waals surface area contributed by atoms with Crippen LogP contribution in [0, 0.1) is 29.1 Å². The van der Waals surface area contributed by atoms with Gasteiger partial charge >= 0.3 is 24.1 Å². The lowest BCUT2D eigenvalue weighted by molar-refractivity contribution is -0.378. The van der Waals surface area contributed by atoms with Crippen LogP contribution in [-0.2, 0) is 9.47 Å². The highest BCUT2D eigenvalue weighted by Crippen LogP contribution is 2.65. The zero-order valence-electron chi connectivity index (χ0n) is 16.9. The molecule has 9 heteroatoms. The molecule has 0 aliphatic heterocycles. The van der Waals surface area contributed by atoms with E-state index < -0.39 is 41.5 Å². The summed E-state index contributed by atoms with van der Waals surface area (Å²) in [6.07, 6.45) is -14.2. The van der Waals surface area contributed by atoms with E-state index in [1.807, 2.05) is 13.8 Å². The van der Waals surface area contributed by atoms with E-state index in [1.54, 1.807) is 0 Å². The van der Waals surface area contributed by atoms with Crippen LogP contribution in [0.5, 0.6) is 0 Å². The third-order valence-electron chi connectivity index (χ3n) is 6.60. The van der Waals surface area contributed by atoms with Crippen molar-refractivity contribution in [1.29, 1.82) is 0 Å². The first-order chi connectivity index (χ1) is 12.3. The van der Waals surface area contributed by atoms with Crippen LogP contribution in [0.4, 0.5) is 31.1 Å². The molecule has 2 aliphatic carbocycles. The maximum Gasteiger partial charge on any atom is 0.510 e. The minimum atomic E-state index is -5.83. The number of hydrogen-bond acceptors (Lipinski definition) is 3. The van der Waals surface area contributed by atoms with E-state index in [4.69, 9.17) is 0 Å². The van der Waals surface area contributed by atoms with Gasteiger partial charge in [0.25, 0.3) is 0 Å². The van der Waals surface area contributed by atoms with Crippen LogP contribution in [0.3, 0.4) is 0 Å². The van der Waals surface area contributed by atoms with Crippen molar-refractivity contribution in [3.63, 3.8) is 0 Å². The highest BCUT2D eigenvalue weighted by atomic mass is 19.4. The van der Waals surface area contributed by atoms with Crippen molar-refractivity contribution in [2.75, 3.05) is 0 Å². The smallest absolute Gasteiger partial charge is 0.429 e. The molecule has 2 bridgehead atoms. The van der Waals surface area contributed by atoms with Gasteiger partial charge in [-0.1, -0.05) is 20.8 Å². The summed E-state index contributed by atoms with van der Waals surface area (Å²) in [5.74, 6) is 0.0324. The summed E-state index contributed by atoms with van der Waals surface area (Å²) in [5.41, 5.74) is -7.14. The van der Waals surface area contributed by atoms with Crippen LogP contribution in [0.2, 0.25) is 0 Å². The Labute approximate surface area is 161 Å². The van der Waals surface area contributed by atoms with Gasteiger partial charge in [0.2, 0.25) is 0 Å². The number of rotatable bonds is 3. The second-order valence-electron chi connectivity index (χ2n) is 9.74. The van der Waals surface area contributed by atoms with Gasteiger partial charge in [-0.25, -0.2) is 4.79 Å². The molecule has 0 spiro atoms. The van der Waals surface area contributed by atoms with E-state index in [1.165, 1.54) is 27.7 Å². The Kier molecular flexibility index (Phi) is 5.53. The zero-order valence-corrected chi connectivity index (χ0v) is 16.9. The molecule has 0 N–H and O–H groups in total. The Morgan fingerprint density at radius 3 is 1.82 bits per heavy atom. The molecule has 5 unspecified atom stereocenters. The number of halogens is 6. The van der Waals surface area contributed by atoms with Crippen LogP contribution in [0.1, 0.15) is 60.8 Å². The molecule has 0 saturated heterocycles. The molecular formula is C19H28F6O3. The molecular weight excluding hydrogens is 390 g/mol. The van der Waals surface area contributed by atoms with E-state index in [0.29, 0.717) is 6.42 Å². The lowest BCUT2D eigenvalue weighted by Gasteiger charge is -2.46. The first kappa shape index (κ1) is 23.1. The Morgan fingerprint density at radius 1 is 0.964 bits per heavy atom. The average molecular weight is 418 g/mol. The topological polar surface area (TPSA) is 35.5 Å². The van der Waals surface area contributed by atoms with Gasteiger partial charge in [0.05, 0.1) is 0 Å². The SMILES string of the molecule is CC1C2CC(C1C)C(C)(CC(OC(=O)OC(C)(C)C)(C(F)(F)F)C(F)(F)F)C2. The fraction of sp³-hybridized carbons (Fsp3) is 0.947. The van der Waals surface area contributed by atoms with Crippen molar-refractivity contribution in [2.45, 2.75) is 84.4 Å². The van der Waals surface area contributed by atoms with E-state index in [-0.39, 0.29) is 30.1 Å². The van der Waals surface area contributed by atoms with Crippen LogP contribution in [-0.4, -0.2) is 29.7 Å². The minimum Gasteiger partial charge on any atom is -0.429 e. The molecule has 0 heterocycles. The quantitative estimate of drug-likeness (QED) is 0.387. The van der Waals surface area contributed by atoms with E-state index >= 15 is 0 Å². The van der Waals surface area contributed by atoms with E-state index in [0.717, 1.165) is 0 Å². The maximum atomic E-state index is 13.9. The molecule has 0 aromatic rings. The Morgan fingerprint density at radius 2 is 1.46 bits per heavy atom. The summed E-state index contributed by atoms with van der Waals surface area (Å²) < 4.78 is 91.9. The Hall–Kier alpha value is -1.15. The lowest BCUT2D eigenvalue weighted by atomic mass is 9.62. The third kappa shape index (κ3) is 3.95. The highest BCUT2D eigenvalue weighted by Gasteiger charge is 2.77. The predicted octanol–water partition coefficient (Wildman–Crippen LogP) is 6.51. The van der Waals surface area contributed by atoms with Gasteiger partial charge < -0.3 is 9.47 Å². The first-order valence-electron chi connectivity index (χ1n) is 9.38. The molecule has 0 amide bonds. The van der Waals surface area contributed by atoms with Gasteiger partial charge in [0.15, 0.2) is 0 Å². The third-order valence-corrected chi connectivity index (χ3v) is 6.60. The van der Waals surface area contributed by atoms with Gasteiger partial charge in [-0.3, -0.25) is 0 Å². The molecule has 2 aliphatic rings. The molecule has 2 rings (SSSR count). The number of alkyl halides is 6. The summed E-state index contributed by atoms with van der Waals surface area (Å²) in [6.45, 7) is 9.29. The maximum absolute atomic E-state index is 13.9. The lowest BCUT2D eigenvalue weighted by Crippen LogP contribution is -2.62. The van der Waals surface area contributed by atoms with Gasteiger partial charge in [-0.2, -0.15) is 26.3 Å². The number of carbonyl (C=O) groups excluding carboxylic acids is 1. The number of carbonyl (C=O) groups is 1. The molecule has 28 heavy (non-hydrogen) atoms. The monoisotopic (exact) mass is 418 g/mol. The van der Waals surface area contributed by atoms with Crippen LogP contribution in [0.15, 0.2) is 0 Å². The Balaban J connectivity index is 2.43. The summed E-state index contributed by atoms with van der Waals surface area (Å²) >= 11 is 0. The number of hydrogen-bond donors (Lipinski definition) is 0. The van der Waals surface area contributed by atoms with Crippen molar-refractivity contribution in [1.82, 2.24) is 0 Å². The molecule has 0 aromatic carbocycles. The normalized spacial score (nSPS) is 33.9. The fourth-order valence-corrected chi connectivity index (χ4v) is 5.19. The summed E-state index contributed by atoms with van der Waals surface area (Å²) in [6, 6.07) is 0. The van der Waals surface area contributed by atoms with Gasteiger partial charge in [-0.05, 0) is 62.7 Å². The van der Waals surface area contributed by atoms with Crippen molar-refractivity contribution >= 4 is 6.16 Å². The van der Waals surface area contributed by atoms with Gasteiger partial charge in [-0.15, -0.1) is 0 Å². The summed E-state index contributed by atoms with van der Waals surface area (Å²) in [7, 11) is 0. The fourth-order valence-electron chi connectivity index (χ4n) is 5.19. The molecule has 0 aromatic heterocycles. The second kappa shape index (κ2) is 6.69. The summed E-state index contributed by atoms with van der Waals surface area (Å²) in [5, 5.41) is 0. The van der Waals surface area contributed by atoms with Crippen molar-refractivity contribution < 1.29 is 40.6 Å². The second-order valence-corrected chi connectivity index (χ2v) is 9.74. The molecule has 2 saturated carbocycles. The van der Waals surface area contributed by atoms with Crippen molar-refractivity contribution in [3.05, 3.63) is 0 Å². The number of ether oxygens (including phenoxy) is 2. The Bertz CT molecular complexity index is 590. The van der Waals surface area contributed by atoms with Crippen LogP contribution < -0.4 is 0 Å². The average Bonchev–Trinajstić information content (AvgIpc) is 2.90. The largest absolute Gasteiger partial charge is 0.510 e. The van der Waals surface area contributed by atoms with Crippen molar-refractivity contribution in [3.8, 4) is 0 Å². The molecule has 0 radical (unpaired) electrons. The van der Waals surface area contributed by atoms with Gasteiger partial charge in [0, 0.05) is 6.42 Å².